The average Bonchev–Trinajstić information content (AvgIpc) is 2.18. The molecule has 1 N–H and O–H groups in total. The highest BCUT2D eigenvalue weighted by Gasteiger charge is 2.18. The molecule has 1 saturated heterocycles. The van der Waals surface area contributed by atoms with Crippen LogP contribution in [0.1, 0.15) is 13.8 Å². The second-order valence-electron chi connectivity index (χ2n) is 3.50. The lowest BCUT2D eigenvalue weighted by atomic mass is 10.2. The summed E-state index contributed by atoms with van der Waals surface area (Å²) in [6.07, 6.45) is 0.563. The van der Waals surface area contributed by atoms with E-state index in [1.807, 2.05) is 11.8 Å². The molecule has 1 aliphatic heterocycles. The molecule has 0 aromatic rings. The number of ether oxygens (including phenoxy) is 2. The zero-order valence-corrected chi connectivity index (χ0v) is 9.94. The van der Waals surface area contributed by atoms with Crippen LogP contribution in [0.25, 0.3) is 0 Å². The van der Waals surface area contributed by atoms with E-state index in [4.69, 9.17) is 9.47 Å². The first-order valence-electron chi connectivity index (χ1n) is 5.34. The number of hydrogen-bond acceptors (Lipinski definition) is 4. The topological polar surface area (TPSA) is 30.5 Å². The van der Waals surface area contributed by atoms with Gasteiger partial charge in [-0.3, -0.25) is 0 Å². The van der Waals surface area contributed by atoms with Crippen LogP contribution in [0, 0.1) is 0 Å². The van der Waals surface area contributed by atoms with Crippen LogP contribution >= 0.6 is 11.8 Å². The van der Waals surface area contributed by atoms with Gasteiger partial charge in [0.25, 0.3) is 0 Å². The van der Waals surface area contributed by atoms with Crippen LogP contribution in [0.3, 0.4) is 0 Å². The normalized spacial score (nSPS) is 27.9. The summed E-state index contributed by atoms with van der Waals surface area (Å²) >= 11 is 1.91. The van der Waals surface area contributed by atoms with Crippen LogP contribution in [0.2, 0.25) is 0 Å². The smallest absolute Gasteiger partial charge is 0.0936 e. The van der Waals surface area contributed by atoms with Gasteiger partial charge in [0, 0.05) is 18.8 Å². The monoisotopic (exact) mass is 219 g/mol. The Morgan fingerprint density at radius 1 is 1.50 bits per heavy atom. The lowest BCUT2D eigenvalue weighted by Gasteiger charge is -2.28. The molecule has 2 unspecified atom stereocenters. The Kier molecular flexibility index (Phi) is 6.60. The van der Waals surface area contributed by atoms with E-state index in [-0.39, 0.29) is 6.10 Å². The summed E-state index contributed by atoms with van der Waals surface area (Å²) in [5, 5.41) is 3.33. The minimum atomic E-state index is 0.241. The first-order chi connectivity index (χ1) is 6.83. The molecule has 0 aromatic carbocycles. The first kappa shape index (κ1) is 12.3. The predicted octanol–water partition coefficient (Wildman–Crippen LogP) is 1.13. The van der Waals surface area contributed by atoms with Gasteiger partial charge in [0.1, 0.15) is 0 Å². The van der Waals surface area contributed by atoms with Crippen molar-refractivity contribution in [2.75, 3.05) is 37.8 Å². The number of nitrogens with one attached hydrogen (secondary N) is 1. The molecule has 0 aromatic heterocycles. The molecular formula is C10H21NO2S. The second-order valence-corrected chi connectivity index (χ2v) is 4.89. The summed E-state index contributed by atoms with van der Waals surface area (Å²) in [4.78, 5) is 0. The molecule has 0 amide bonds. The first-order valence-corrected chi connectivity index (χ1v) is 6.50. The van der Waals surface area contributed by atoms with Crippen molar-refractivity contribution >= 4 is 11.8 Å². The van der Waals surface area contributed by atoms with Crippen LogP contribution < -0.4 is 5.32 Å². The van der Waals surface area contributed by atoms with Crippen molar-refractivity contribution in [3.8, 4) is 0 Å². The lowest BCUT2D eigenvalue weighted by molar-refractivity contribution is -0.0664. The van der Waals surface area contributed by atoms with Crippen molar-refractivity contribution in [3.63, 3.8) is 0 Å². The largest absolute Gasteiger partial charge is 0.378 e. The molecule has 0 saturated carbocycles. The van der Waals surface area contributed by atoms with Gasteiger partial charge in [0.05, 0.1) is 25.4 Å². The summed E-state index contributed by atoms with van der Waals surface area (Å²) in [7, 11) is 0. The fourth-order valence-corrected chi connectivity index (χ4v) is 1.97. The minimum Gasteiger partial charge on any atom is -0.378 e. The summed E-state index contributed by atoms with van der Waals surface area (Å²) in [5.74, 6) is 2.26. The summed E-state index contributed by atoms with van der Waals surface area (Å²) in [5.41, 5.74) is 0. The third kappa shape index (κ3) is 5.20. The molecule has 0 bridgehead atoms. The van der Waals surface area contributed by atoms with Crippen molar-refractivity contribution in [3.05, 3.63) is 0 Å². The Balaban J connectivity index is 1.95. The third-order valence-electron chi connectivity index (χ3n) is 2.11. The Labute approximate surface area is 90.9 Å². The molecule has 14 heavy (non-hydrogen) atoms. The highest BCUT2D eigenvalue weighted by atomic mass is 32.2. The third-order valence-corrected chi connectivity index (χ3v) is 2.97. The van der Waals surface area contributed by atoms with Crippen LogP contribution in [-0.4, -0.2) is 50.0 Å². The van der Waals surface area contributed by atoms with Gasteiger partial charge in [-0.25, -0.2) is 0 Å². The molecule has 1 rings (SSSR count). The second kappa shape index (κ2) is 7.51. The van der Waals surface area contributed by atoms with Crippen molar-refractivity contribution in [2.45, 2.75) is 26.1 Å². The van der Waals surface area contributed by atoms with Crippen LogP contribution in [0.5, 0.6) is 0 Å². The van der Waals surface area contributed by atoms with Crippen LogP contribution in [-0.2, 0) is 9.47 Å². The maximum absolute atomic E-state index is 5.70. The van der Waals surface area contributed by atoms with Crippen molar-refractivity contribution in [1.82, 2.24) is 5.32 Å². The predicted molar refractivity (Wildman–Crippen MR) is 61.0 cm³/mol. The Bertz CT molecular complexity index is 146. The van der Waals surface area contributed by atoms with E-state index in [1.54, 1.807) is 0 Å². The van der Waals surface area contributed by atoms with Crippen molar-refractivity contribution < 1.29 is 9.47 Å². The summed E-state index contributed by atoms with van der Waals surface area (Å²) < 4.78 is 11.2. The lowest BCUT2D eigenvalue weighted by Crippen LogP contribution is -2.45. The van der Waals surface area contributed by atoms with Gasteiger partial charge in [-0.2, -0.15) is 11.8 Å². The van der Waals surface area contributed by atoms with E-state index >= 15 is 0 Å². The molecule has 1 fully saturated rings. The van der Waals surface area contributed by atoms with Crippen molar-refractivity contribution in [1.29, 1.82) is 0 Å². The molecule has 0 aliphatic carbocycles. The zero-order valence-electron chi connectivity index (χ0n) is 9.12. The van der Waals surface area contributed by atoms with Crippen molar-refractivity contribution in [2.24, 2.45) is 0 Å². The van der Waals surface area contributed by atoms with Gasteiger partial charge in [-0.1, -0.05) is 6.92 Å². The van der Waals surface area contributed by atoms with Gasteiger partial charge in [-0.15, -0.1) is 0 Å². The maximum atomic E-state index is 5.70. The van der Waals surface area contributed by atoms with E-state index in [2.05, 4.69) is 19.2 Å². The summed E-state index contributed by atoms with van der Waals surface area (Å²) in [6.45, 7) is 7.70. The zero-order chi connectivity index (χ0) is 10.2. The molecule has 4 heteroatoms. The molecule has 1 heterocycles. The molecular weight excluding hydrogens is 198 g/mol. The molecule has 1 aliphatic rings. The molecule has 84 valence electrons. The molecule has 2 atom stereocenters. The molecule has 0 spiro atoms. The number of thioether (sulfide) groups is 1. The van der Waals surface area contributed by atoms with Gasteiger partial charge >= 0.3 is 0 Å². The Morgan fingerprint density at radius 2 is 2.36 bits per heavy atom. The Hall–Kier alpha value is 0.230. The fraction of sp³-hybridized carbons (Fsp3) is 1.00. The maximum Gasteiger partial charge on any atom is 0.0936 e. The van der Waals surface area contributed by atoms with E-state index in [1.165, 1.54) is 5.75 Å². The molecule has 0 radical (unpaired) electrons. The average molecular weight is 219 g/mol. The highest BCUT2D eigenvalue weighted by Crippen LogP contribution is 2.04. The van der Waals surface area contributed by atoms with Gasteiger partial charge in [-0.05, 0) is 12.7 Å². The number of hydrogen-bond donors (Lipinski definition) is 1. The van der Waals surface area contributed by atoms with Gasteiger partial charge in [0.2, 0.25) is 0 Å². The number of rotatable bonds is 6. The fourth-order valence-electron chi connectivity index (χ4n) is 1.45. The van der Waals surface area contributed by atoms with Crippen LogP contribution in [0.15, 0.2) is 0 Å². The van der Waals surface area contributed by atoms with E-state index in [0.29, 0.717) is 6.10 Å². The van der Waals surface area contributed by atoms with E-state index in [9.17, 15) is 0 Å². The van der Waals surface area contributed by atoms with Crippen LogP contribution in [0.4, 0.5) is 0 Å². The number of morpholine rings is 1. The SMILES string of the molecule is CCSCCOCC1CNCC(C)O1. The minimum absolute atomic E-state index is 0.241. The summed E-state index contributed by atoms with van der Waals surface area (Å²) in [6, 6.07) is 0. The van der Waals surface area contributed by atoms with E-state index < -0.39 is 0 Å². The highest BCUT2D eigenvalue weighted by molar-refractivity contribution is 7.99. The Morgan fingerprint density at radius 3 is 3.07 bits per heavy atom. The van der Waals surface area contributed by atoms with E-state index in [0.717, 1.165) is 32.1 Å². The van der Waals surface area contributed by atoms with Gasteiger partial charge in [0.15, 0.2) is 0 Å². The standard InChI is InChI=1S/C10H21NO2S/c1-3-14-5-4-12-8-10-7-11-6-9(2)13-10/h9-11H,3-8H2,1-2H3. The molecule has 3 nitrogen and oxygen atoms in total. The quantitative estimate of drug-likeness (QED) is 0.679. The van der Waals surface area contributed by atoms with Gasteiger partial charge < -0.3 is 14.8 Å².